The number of hydrogen-bond acceptors (Lipinski definition) is 4. The van der Waals surface area contributed by atoms with E-state index in [9.17, 15) is 4.79 Å². The lowest BCUT2D eigenvalue weighted by molar-refractivity contribution is -0.134. The smallest absolute Gasteiger partial charge is 0.226 e. The zero-order valence-corrected chi connectivity index (χ0v) is 13.4. The van der Waals surface area contributed by atoms with Gasteiger partial charge in [-0.1, -0.05) is 20.8 Å². The predicted octanol–water partition coefficient (Wildman–Crippen LogP) is 1.76. The zero-order chi connectivity index (χ0) is 15.4. The minimum Gasteiger partial charge on any atom is -0.377 e. The Labute approximate surface area is 126 Å². The third-order valence-corrected chi connectivity index (χ3v) is 4.12. The van der Waals surface area contributed by atoms with E-state index < -0.39 is 0 Å². The standard InChI is InChI=1S/C15H26N4O2/c1-5-12-11(7-6-8-21-12)15(20)16-9-13-17-18-14(10(2)3)19(13)4/h10-12H,5-9H2,1-4H3,(H,16,20)/t11-,12-/m0/s1. The van der Waals surface area contributed by atoms with Gasteiger partial charge in [-0.2, -0.15) is 0 Å². The monoisotopic (exact) mass is 294 g/mol. The van der Waals surface area contributed by atoms with Crippen molar-refractivity contribution in [3.8, 4) is 0 Å². The summed E-state index contributed by atoms with van der Waals surface area (Å²) in [4.78, 5) is 12.3. The molecular formula is C15H26N4O2. The first-order valence-electron chi connectivity index (χ1n) is 7.82. The van der Waals surface area contributed by atoms with Gasteiger partial charge in [0.2, 0.25) is 5.91 Å². The number of ether oxygens (including phenoxy) is 1. The molecule has 1 aromatic heterocycles. The second-order valence-electron chi connectivity index (χ2n) is 5.97. The fourth-order valence-corrected chi connectivity index (χ4v) is 2.87. The summed E-state index contributed by atoms with van der Waals surface area (Å²) in [6.07, 6.45) is 2.78. The molecule has 21 heavy (non-hydrogen) atoms. The fourth-order valence-electron chi connectivity index (χ4n) is 2.87. The topological polar surface area (TPSA) is 69.0 Å². The highest BCUT2D eigenvalue weighted by atomic mass is 16.5. The Hall–Kier alpha value is -1.43. The summed E-state index contributed by atoms with van der Waals surface area (Å²) in [7, 11) is 1.94. The summed E-state index contributed by atoms with van der Waals surface area (Å²) in [5, 5.41) is 11.3. The van der Waals surface area contributed by atoms with E-state index >= 15 is 0 Å². The highest BCUT2D eigenvalue weighted by molar-refractivity contribution is 5.79. The van der Waals surface area contributed by atoms with E-state index in [4.69, 9.17) is 4.74 Å². The molecule has 118 valence electrons. The van der Waals surface area contributed by atoms with E-state index in [-0.39, 0.29) is 17.9 Å². The largest absolute Gasteiger partial charge is 0.377 e. The lowest BCUT2D eigenvalue weighted by Crippen LogP contribution is -2.41. The van der Waals surface area contributed by atoms with E-state index in [2.05, 4.69) is 36.3 Å². The number of amides is 1. The molecule has 1 N–H and O–H groups in total. The maximum atomic E-state index is 12.3. The van der Waals surface area contributed by atoms with E-state index in [1.165, 1.54) is 0 Å². The Bertz CT molecular complexity index is 484. The maximum absolute atomic E-state index is 12.3. The average molecular weight is 294 g/mol. The highest BCUT2D eigenvalue weighted by Gasteiger charge is 2.30. The van der Waals surface area contributed by atoms with Crippen molar-refractivity contribution in [1.82, 2.24) is 20.1 Å². The molecule has 1 aliphatic rings. The van der Waals surface area contributed by atoms with Gasteiger partial charge in [-0.3, -0.25) is 4.79 Å². The van der Waals surface area contributed by atoms with Crippen LogP contribution < -0.4 is 5.32 Å². The number of aromatic nitrogens is 3. The summed E-state index contributed by atoms with van der Waals surface area (Å²) in [5.41, 5.74) is 0. The van der Waals surface area contributed by atoms with Crippen molar-refractivity contribution in [1.29, 1.82) is 0 Å². The van der Waals surface area contributed by atoms with Crippen LogP contribution in [0, 0.1) is 5.92 Å². The molecule has 2 heterocycles. The molecule has 0 saturated carbocycles. The van der Waals surface area contributed by atoms with Crippen molar-refractivity contribution in [3.05, 3.63) is 11.6 Å². The van der Waals surface area contributed by atoms with Gasteiger partial charge < -0.3 is 14.6 Å². The molecule has 1 amide bonds. The van der Waals surface area contributed by atoms with Crippen LogP contribution in [-0.2, 0) is 23.1 Å². The van der Waals surface area contributed by atoms with Crippen molar-refractivity contribution in [3.63, 3.8) is 0 Å². The summed E-state index contributed by atoms with van der Waals surface area (Å²) < 4.78 is 7.64. The second-order valence-corrected chi connectivity index (χ2v) is 5.97. The summed E-state index contributed by atoms with van der Waals surface area (Å²) in [5.74, 6) is 2.07. The Kier molecular flexibility index (Phi) is 5.33. The zero-order valence-electron chi connectivity index (χ0n) is 13.4. The second kappa shape index (κ2) is 7.02. The first-order chi connectivity index (χ1) is 10.0. The van der Waals surface area contributed by atoms with Crippen LogP contribution in [0.3, 0.4) is 0 Å². The first-order valence-corrected chi connectivity index (χ1v) is 7.82. The van der Waals surface area contributed by atoms with Gasteiger partial charge in [-0.05, 0) is 19.3 Å². The third kappa shape index (κ3) is 3.61. The van der Waals surface area contributed by atoms with Gasteiger partial charge >= 0.3 is 0 Å². The van der Waals surface area contributed by atoms with Crippen LogP contribution in [0.25, 0.3) is 0 Å². The SMILES string of the molecule is CC[C@@H]1OCCC[C@@H]1C(=O)NCc1nnc(C(C)C)n1C. The quantitative estimate of drug-likeness (QED) is 0.898. The number of carbonyl (C=O) groups is 1. The van der Waals surface area contributed by atoms with Crippen LogP contribution >= 0.6 is 0 Å². The van der Waals surface area contributed by atoms with Crippen molar-refractivity contribution in [2.24, 2.45) is 13.0 Å². The lowest BCUT2D eigenvalue weighted by Gasteiger charge is -2.30. The Morgan fingerprint density at radius 3 is 2.86 bits per heavy atom. The van der Waals surface area contributed by atoms with Gasteiger partial charge in [0.25, 0.3) is 0 Å². The molecule has 2 atom stereocenters. The molecule has 0 unspecified atom stereocenters. The number of nitrogens with one attached hydrogen (secondary N) is 1. The first kappa shape index (κ1) is 15.9. The van der Waals surface area contributed by atoms with Crippen molar-refractivity contribution < 1.29 is 9.53 Å². The minimum absolute atomic E-state index is 0.0402. The molecule has 1 fully saturated rings. The molecule has 0 spiro atoms. The van der Waals surface area contributed by atoms with Gasteiger partial charge in [0.1, 0.15) is 5.82 Å². The van der Waals surface area contributed by atoms with Crippen LogP contribution in [0.5, 0.6) is 0 Å². The Morgan fingerprint density at radius 2 is 2.24 bits per heavy atom. The summed E-state index contributed by atoms with van der Waals surface area (Å²) in [6.45, 7) is 7.41. The average Bonchev–Trinajstić information content (AvgIpc) is 2.86. The van der Waals surface area contributed by atoms with Crippen LogP contribution in [0.2, 0.25) is 0 Å². The summed E-state index contributed by atoms with van der Waals surface area (Å²) >= 11 is 0. The Balaban J connectivity index is 1.94. The minimum atomic E-state index is -0.0402. The molecule has 2 rings (SSSR count). The highest BCUT2D eigenvalue weighted by Crippen LogP contribution is 2.23. The Morgan fingerprint density at radius 1 is 1.48 bits per heavy atom. The molecular weight excluding hydrogens is 268 g/mol. The van der Waals surface area contributed by atoms with Crippen molar-refractivity contribution >= 4 is 5.91 Å². The molecule has 1 saturated heterocycles. The predicted molar refractivity (Wildman–Crippen MR) is 79.7 cm³/mol. The van der Waals surface area contributed by atoms with Crippen LogP contribution in [0.15, 0.2) is 0 Å². The molecule has 0 aromatic carbocycles. The van der Waals surface area contributed by atoms with E-state index in [0.29, 0.717) is 12.5 Å². The summed E-state index contributed by atoms with van der Waals surface area (Å²) in [6, 6.07) is 0. The molecule has 6 nitrogen and oxygen atoms in total. The maximum Gasteiger partial charge on any atom is 0.226 e. The van der Waals surface area contributed by atoms with Crippen molar-refractivity contribution in [2.75, 3.05) is 6.61 Å². The van der Waals surface area contributed by atoms with Gasteiger partial charge in [0, 0.05) is 19.6 Å². The molecule has 6 heteroatoms. The number of hydrogen-bond donors (Lipinski definition) is 1. The van der Waals surface area contributed by atoms with E-state index in [1.54, 1.807) is 0 Å². The molecule has 1 aliphatic heterocycles. The van der Waals surface area contributed by atoms with Gasteiger partial charge in [-0.15, -0.1) is 10.2 Å². The van der Waals surface area contributed by atoms with Gasteiger partial charge in [-0.25, -0.2) is 0 Å². The number of carbonyl (C=O) groups excluding carboxylic acids is 1. The fraction of sp³-hybridized carbons (Fsp3) is 0.800. The van der Waals surface area contributed by atoms with Crippen LogP contribution in [0.1, 0.15) is 57.6 Å². The number of nitrogens with zero attached hydrogens (tertiary/aromatic N) is 3. The van der Waals surface area contributed by atoms with Gasteiger partial charge in [0.05, 0.1) is 18.6 Å². The molecule has 1 aromatic rings. The van der Waals surface area contributed by atoms with E-state index in [0.717, 1.165) is 37.5 Å². The van der Waals surface area contributed by atoms with Crippen LogP contribution in [0.4, 0.5) is 0 Å². The van der Waals surface area contributed by atoms with Crippen LogP contribution in [-0.4, -0.2) is 33.4 Å². The molecule has 0 bridgehead atoms. The lowest BCUT2D eigenvalue weighted by atomic mass is 9.92. The molecule has 0 aliphatic carbocycles. The molecule has 0 radical (unpaired) electrons. The van der Waals surface area contributed by atoms with Gasteiger partial charge in [0.15, 0.2) is 5.82 Å². The van der Waals surface area contributed by atoms with E-state index in [1.807, 2.05) is 11.6 Å². The third-order valence-electron chi connectivity index (χ3n) is 4.12. The van der Waals surface area contributed by atoms with Crippen molar-refractivity contribution in [2.45, 2.75) is 58.6 Å². The normalized spacial score (nSPS) is 22.5. The number of rotatable bonds is 5.